The minimum absolute atomic E-state index is 0.174. The van der Waals surface area contributed by atoms with Crippen molar-refractivity contribution in [3.8, 4) is 0 Å². The van der Waals surface area contributed by atoms with Crippen LogP contribution in [0.4, 0.5) is 5.95 Å². The van der Waals surface area contributed by atoms with Crippen molar-refractivity contribution >= 4 is 22.9 Å². The first kappa shape index (κ1) is 23.5. The van der Waals surface area contributed by atoms with E-state index >= 15 is 0 Å². The van der Waals surface area contributed by atoms with E-state index in [0.717, 1.165) is 88.6 Å². The van der Waals surface area contributed by atoms with Crippen molar-refractivity contribution in [2.24, 2.45) is 5.92 Å². The molecular weight excluding hydrogens is 428 g/mol. The van der Waals surface area contributed by atoms with E-state index in [1.54, 1.807) is 0 Å². The van der Waals surface area contributed by atoms with Crippen LogP contribution in [-0.2, 0) is 4.79 Å². The molecule has 34 heavy (non-hydrogen) atoms. The zero-order valence-corrected chi connectivity index (χ0v) is 20.7. The van der Waals surface area contributed by atoms with E-state index in [4.69, 9.17) is 9.97 Å². The van der Waals surface area contributed by atoms with Gasteiger partial charge in [0.05, 0.1) is 12.0 Å². The average molecular weight is 469 g/mol. The van der Waals surface area contributed by atoms with Crippen LogP contribution in [0.1, 0.15) is 82.7 Å². The molecule has 1 atom stereocenters. The fraction of sp³-hybridized carbons (Fsp3) is 0.731. The minimum Gasteiger partial charge on any atom is -0.393 e. The summed E-state index contributed by atoms with van der Waals surface area (Å²) in [6.45, 7) is 7.69. The molecule has 3 N–H and O–H groups in total. The summed E-state index contributed by atoms with van der Waals surface area (Å²) in [7, 11) is 0. The summed E-state index contributed by atoms with van der Waals surface area (Å²) >= 11 is 0. The van der Waals surface area contributed by atoms with Gasteiger partial charge in [0.25, 0.3) is 0 Å². The average Bonchev–Trinajstić information content (AvgIpc) is 3.17. The Bertz CT molecular complexity index is 987. The largest absolute Gasteiger partial charge is 0.393 e. The first-order valence-electron chi connectivity index (χ1n) is 13.3. The Morgan fingerprint density at radius 2 is 1.94 bits per heavy atom. The predicted molar refractivity (Wildman–Crippen MR) is 134 cm³/mol. The second-order valence-corrected chi connectivity index (χ2v) is 10.7. The number of aromatic nitrogens is 3. The summed E-state index contributed by atoms with van der Waals surface area (Å²) < 4.78 is 2.37. The molecule has 2 aromatic heterocycles. The molecule has 0 radical (unpaired) electrons. The molecule has 186 valence electrons. The molecule has 5 rings (SSSR count). The van der Waals surface area contributed by atoms with Crippen LogP contribution < -0.4 is 10.6 Å². The molecule has 3 fully saturated rings. The van der Waals surface area contributed by atoms with Crippen molar-refractivity contribution in [1.82, 2.24) is 24.8 Å². The van der Waals surface area contributed by atoms with Gasteiger partial charge in [0.15, 0.2) is 0 Å². The highest BCUT2D eigenvalue weighted by Crippen LogP contribution is 2.38. The molecule has 3 aliphatic rings. The number of nitrogens with one attached hydrogen (secondary N) is 2. The Morgan fingerprint density at radius 3 is 2.59 bits per heavy atom. The number of anilines is 1. The van der Waals surface area contributed by atoms with Gasteiger partial charge in [-0.05, 0) is 63.4 Å². The van der Waals surface area contributed by atoms with E-state index in [-0.39, 0.29) is 12.0 Å². The van der Waals surface area contributed by atoms with Crippen LogP contribution in [0, 0.1) is 5.92 Å². The molecule has 1 amide bonds. The number of aliphatic hydroxyl groups is 1. The molecule has 0 bridgehead atoms. The normalized spacial score (nSPS) is 25.3. The SMILES string of the molecule is CCC[C@H](C)Nc1ncc2c(C3CCN(C(=O)C4CNC4)CC3)cn([C@H]3CC[C@H](O)CC3)c2n1. The summed E-state index contributed by atoms with van der Waals surface area (Å²) in [5, 5.41) is 17.9. The van der Waals surface area contributed by atoms with Crippen LogP contribution in [0.3, 0.4) is 0 Å². The zero-order chi connectivity index (χ0) is 23.7. The zero-order valence-electron chi connectivity index (χ0n) is 20.7. The number of carbonyl (C=O) groups excluding carboxylic acids is 1. The van der Waals surface area contributed by atoms with Crippen LogP contribution in [0.25, 0.3) is 11.0 Å². The number of likely N-dealkylation sites (tertiary alicyclic amines) is 1. The molecule has 1 aliphatic carbocycles. The molecule has 0 spiro atoms. The molecule has 2 saturated heterocycles. The van der Waals surface area contributed by atoms with Gasteiger partial charge in [-0.25, -0.2) is 4.98 Å². The molecule has 1 saturated carbocycles. The summed E-state index contributed by atoms with van der Waals surface area (Å²) in [5.41, 5.74) is 2.34. The lowest BCUT2D eigenvalue weighted by Crippen LogP contribution is -2.53. The third-order valence-corrected chi connectivity index (χ3v) is 8.14. The second-order valence-electron chi connectivity index (χ2n) is 10.7. The Labute approximate surface area is 202 Å². The molecule has 2 aliphatic heterocycles. The minimum atomic E-state index is -0.174. The van der Waals surface area contributed by atoms with Gasteiger partial charge >= 0.3 is 0 Å². The van der Waals surface area contributed by atoms with Crippen LogP contribution in [0.2, 0.25) is 0 Å². The van der Waals surface area contributed by atoms with Crippen molar-refractivity contribution in [3.63, 3.8) is 0 Å². The smallest absolute Gasteiger partial charge is 0.228 e. The lowest BCUT2D eigenvalue weighted by atomic mass is 9.89. The van der Waals surface area contributed by atoms with Gasteiger partial charge < -0.3 is 25.2 Å². The number of fused-ring (bicyclic) bond motifs is 1. The number of piperidine rings is 1. The Morgan fingerprint density at radius 1 is 1.21 bits per heavy atom. The summed E-state index contributed by atoms with van der Waals surface area (Å²) in [5.74, 6) is 1.61. The van der Waals surface area contributed by atoms with Crippen molar-refractivity contribution in [1.29, 1.82) is 0 Å². The summed E-state index contributed by atoms with van der Waals surface area (Å²) in [6.07, 6.45) is 12.0. The Balaban J connectivity index is 1.39. The first-order valence-corrected chi connectivity index (χ1v) is 13.3. The third kappa shape index (κ3) is 4.80. The van der Waals surface area contributed by atoms with Gasteiger partial charge in [0, 0.05) is 56.0 Å². The summed E-state index contributed by atoms with van der Waals surface area (Å²) in [6, 6.07) is 0.700. The monoisotopic (exact) mass is 468 g/mol. The molecule has 0 aromatic carbocycles. The maximum Gasteiger partial charge on any atom is 0.228 e. The number of rotatable bonds is 7. The maximum absolute atomic E-state index is 12.7. The van der Waals surface area contributed by atoms with Gasteiger partial charge in [0.2, 0.25) is 11.9 Å². The predicted octanol–water partition coefficient (Wildman–Crippen LogP) is 3.43. The number of amides is 1. The van der Waals surface area contributed by atoms with Gasteiger partial charge in [-0.3, -0.25) is 4.79 Å². The molecule has 2 aromatic rings. The fourth-order valence-corrected chi connectivity index (χ4v) is 5.92. The number of hydrogen-bond acceptors (Lipinski definition) is 6. The highest BCUT2D eigenvalue weighted by atomic mass is 16.3. The lowest BCUT2D eigenvalue weighted by Gasteiger charge is -2.37. The van der Waals surface area contributed by atoms with Crippen LogP contribution in [0.15, 0.2) is 12.4 Å². The van der Waals surface area contributed by atoms with Crippen molar-refractivity contribution in [2.75, 3.05) is 31.5 Å². The Kier molecular flexibility index (Phi) is 7.06. The third-order valence-electron chi connectivity index (χ3n) is 8.14. The molecule has 4 heterocycles. The van der Waals surface area contributed by atoms with Crippen LogP contribution in [-0.4, -0.2) is 68.8 Å². The van der Waals surface area contributed by atoms with Crippen molar-refractivity contribution < 1.29 is 9.90 Å². The van der Waals surface area contributed by atoms with Gasteiger partial charge in [-0.2, -0.15) is 4.98 Å². The molecular formula is C26H40N6O2. The first-order chi connectivity index (χ1) is 16.5. The highest BCUT2D eigenvalue weighted by molar-refractivity contribution is 5.82. The number of nitrogens with zero attached hydrogens (tertiary/aromatic N) is 4. The van der Waals surface area contributed by atoms with E-state index in [2.05, 4.69) is 40.1 Å². The standard InChI is InChI=1S/C26H40N6O2/c1-3-4-17(2)29-26-28-15-22-23(16-32(24(22)30-26)20-5-7-21(33)8-6-20)18-9-11-31(12-10-18)25(34)19-13-27-14-19/h15-21,27,33H,3-14H2,1-2H3,(H,28,29,30)/t17-,20-,21-/m0/s1. The molecule has 8 heteroatoms. The second kappa shape index (κ2) is 10.2. The van der Waals surface area contributed by atoms with Crippen molar-refractivity contribution in [2.45, 2.75) is 89.3 Å². The van der Waals surface area contributed by atoms with E-state index in [9.17, 15) is 9.90 Å². The van der Waals surface area contributed by atoms with Crippen molar-refractivity contribution in [3.05, 3.63) is 18.0 Å². The maximum atomic E-state index is 12.7. The highest BCUT2D eigenvalue weighted by Gasteiger charge is 2.33. The lowest BCUT2D eigenvalue weighted by molar-refractivity contribution is -0.138. The Hall–Kier alpha value is -2.19. The fourth-order valence-electron chi connectivity index (χ4n) is 5.92. The van der Waals surface area contributed by atoms with Gasteiger partial charge in [-0.15, -0.1) is 0 Å². The molecule has 0 unspecified atom stereocenters. The number of hydrogen-bond donors (Lipinski definition) is 3. The van der Waals surface area contributed by atoms with Crippen LogP contribution in [0.5, 0.6) is 0 Å². The van der Waals surface area contributed by atoms with E-state index < -0.39 is 0 Å². The quantitative estimate of drug-likeness (QED) is 0.576. The van der Waals surface area contributed by atoms with Gasteiger partial charge in [-0.1, -0.05) is 13.3 Å². The number of carbonyl (C=O) groups is 1. The van der Waals surface area contributed by atoms with E-state index in [1.165, 1.54) is 5.56 Å². The van der Waals surface area contributed by atoms with Crippen LogP contribution >= 0.6 is 0 Å². The number of aliphatic hydroxyl groups excluding tert-OH is 1. The van der Waals surface area contributed by atoms with E-state index in [0.29, 0.717) is 29.9 Å². The van der Waals surface area contributed by atoms with E-state index in [1.807, 2.05) is 6.20 Å². The van der Waals surface area contributed by atoms with Gasteiger partial charge in [0.1, 0.15) is 5.65 Å². The molecule has 8 nitrogen and oxygen atoms in total. The summed E-state index contributed by atoms with van der Waals surface area (Å²) in [4.78, 5) is 24.4. The topological polar surface area (TPSA) is 95.3 Å².